The second kappa shape index (κ2) is 7.50. The highest BCUT2D eigenvalue weighted by Gasteiger charge is 2.09. The van der Waals surface area contributed by atoms with Gasteiger partial charge in [0.1, 0.15) is 0 Å². The fourth-order valence-electron chi connectivity index (χ4n) is 1.55. The van der Waals surface area contributed by atoms with Gasteiger partial charge in [0.05, 0.1) is 12.7 Å². The van der Waals surface area contributed by atoms with E-state index >= 15 is 0 Å². The molecule has 0 aliphatic heterocycles. The molecule has 0 aliphatic carbocycles. The van der Waals surface area contributed by atoms with Gasteiger partial charge < -0.3 is 20.5 Å². The zero-order valence-electron chi connectivity index (χ0n) is 10.2. The zero-order valence-corrected chi connectivity index (χ0v) is 11.0. The van der Waals surface area contributed by atoms with E-state index in [1.54, 1.807) is 14.2 Å². The Hall–Kier alpha value is -0.810. The van der Waals surface area contributed by atoms with Crippen LogP contribution < -0.4 is 11.1 Å². The quantitative estimate of drug-likeness (QED) is 0.784. The molecular weight excluding hydrogens is 240 g/mol. The molecule has 0 spiro atoms. The Morgan fingerprint density at radius 3 is 2.76 bits per heavy atom. The van der Waals surface area contributed by atoms with Gasteiger partial charge in [0, 0.05) is 43.6 Å². The summed E-state index contributed by atoms with van der Waals surface area (Å²) in [6.45, 7) is 1.60. The van der Waals surface area contributed by atoms with Gasteiger partial charge in [-0.1, -0.05) is 17.7 Å². The van der Waals surface area contributed by atoms with Crippen molar-refractivity contribution in [2.24, 2.45) is 5.73 Å². The third kappa shape index (κ3) is 4.16. The molecule has 1 aromatic carbocycles. The first-order chi connectivity index (χ1) is 8.22. The van der Waals surface area contributed by atoms with E-state index in [0.29, 0.717) is 24.7 Å². The van der Waals surface area contributed by atoms with Crippen LogP contribution in [0.25, 0.3) is 0 Å². The first kappa shape index (κ1) is 14.3. The van der Waals surface area contributed by atoms with Gasteiger partial charge in [-0.05, 0) is 12.1 Å². The molecule has 1 atom stereocenters. The zero-order chi connectivity index (χ0) is 12.7. The van der Waals surface area contributed by atoms with E-state index in [0.717, 1.165) is 11.3 Å². The Bertz CT molecular complexity index is 347. The molecule has 5 heteroatoms. The van der Waals surface area contributed by atoms with E-state index in [4.69, 9.17) is 26.8 Å². The van der Waals surface area contributed by atoms with Gasteiger partial charge >= 0.3 is 0 Å². The van der Waals surface area contributed by atoms with Gasteiger partial charge in [0.15, 0.2) is 0 Å². The minimum atomic E-state index is 0.00426. The maximum atomic E-state index is 6.06. The molecule has 0 aromatic heterocycles. The van der Waals surface area contributed by atoms with Crippen molar-refractivity contribution in [3.63, 3.8) is 0 Å². The average Bonchev–Trinajstić information content (AvgIpc) is 2.34. The third-order valence-electron chi connectivity index (χ3n) is 2.53. The molecule has 96 valence electrons. The Labute approximate surface area is 107 Å². The molecule has 0 bridgehead atoms. The highest BCUT2D eigenvalue weighted by molar-refractivity contribution is 6.31. The molecule has 0 fully saturated rings. The van der Waals surface area contributed by atoms with Crippen molar-refractivity contribution in [3.8, 4) is 0 Å². The van der Waals surface area contributed by atoms with Crippen LogP contribution in [0.5, 0.6) is 0 Å². The van der Waals surface area contributed by atoms with Crippen LogP contribution >= 0.6 is 11.6 Å². The first-order valence-corrected chi connectivity index (χ1v) is 5.83. The number of rotatable bonds is 7. The number of hydrogen-bond donors (Lipinski definition) is 2. The number of nitrogens with two attached hydrogens (primary N) is 1. The molecule has 0 saturated heterocycles. The maximum Gasteiger partial charge on any atom is 0.0976 e. The Balaban J connectivity index is 2.65. The van der Waals surface area contributed by atoms with E-state index in [-0.39, 0.29) is 6.10 Å². The molecular formula is C12H19ClN2O2. The van der Waals surface area contributed by atoms with E-state index in [1.807, 2.05) is 18.2 Å². The predicted molar refractivity (Wildman–Crippen MR) is 70.5 cm³/mol. The molecule has 1 aromatic rings. The van der Waals surface area contributed by atoms with Gasteiger partial charge in [0.25, 0.3) is 0 Å². The molecule has 0 saturated carbocycles. The number of ether oxygens (including phenoxy) is 2. The molecule has 1 unspecified atom stereocenters. The summed E-state index contributed by atoms with van der Waals surface area (Å²) in [5.74, 6) is 0. The van der Waals surface area contributed by atoms with Crippen LogP contribution in [0.2, 0.25) is 5.02 Å². The third-order valence-corrected chi connectivity index (χ3v) is 2.88. The monoisotopic (exact) mass is 258 g/mol. The predicted octanol–water partition coefficient (Wildman–Crippen LogP) is 1.87. The van der Waals surface area contributed by atoms with Crippen LogP contribution in [0.15, 0.2) is 18.2 Å². The summed E-state index contributed by atoms with van der Waals surface area (Å²) in [6, 6.07) is 5.67. The molecule has 17 heavy (non-hydrogen) atoms. The van der Waals surface area contributed by atoms with Gasteiger partial charge in [0.2, 0.25) is 0 Å². The first-order valence-electron chi connectivity index (χ1n) is 5.46. The summed E-state index contributed by atoms with van der Waals surface area (Å²) in [7, 11) is 3.31. The summed E-state index contributed by atoms with van der Waals surface area (Å²) in [6.07, 6.45) is 0.00426. The lowest BCUT2D eigenvalue weighted by Gasteiger charge is -2.18. The maximum absolute atomic E-state index is 6.06. The molecule has 1 rings (SSSR count). The highest BCUT2D eigenvalue weighted by atomic mass is 35.5. The lowest BCUT2D eigenvalue weighted by atomic mass is 10.1. The Morgan fingerprint density at radius 1 is 1.41 bits per heavy atom. The van der Waals surface area contributed by atoms with Crippen molar-refractivity contribution in [2.75, 3.05) is 32.7 Å². The summed E-state index contributed by atoms with van der Waals surface area (Å²) in [5.41, 5.74) is 7.53. The Kier molecular flexibility index (Phi) is 6.29. The number of methoxy groups -OCH3 is 2. The number of nitrogens with one attached hydrogen (secondary N) is 1. The molecule has 0 heterocycles. The van der Waals surface area contributed by atoms with E-state index < -0.39 is 0 Å². The minimum absolute atomic E-state index is 0.00426. The van der Waals surface area contributed by atoms with E-state index in [1.165, 1.54) is 0 Å². The van der Waals surface area contributed by atoms with Crippen LogP contribution in [0, 0.1) is 0 Å². The summed E-state index contributed by atoms with van der Waals surface area (Å²) in [4.78, 5) is 0. The van der Waals surface area contributed by atoms with Gasteiger partial charge in [-0.15, -0.1) is 0 Å². The number of anilines is 1. The number of halogens is 1. The van der Waals surface area contributed by atoms with E-state index in [2.05, 4.69) is 5.32 Å². The summed E-state index contributed by atoms with van der Waals surface area (Å²) < 4.78 is 10.3. The fourth-order valence-corrected chi connectivity index (χ4v) is 1.80. The molecule has 3 N–H and O–H groups in total. The Morgan fingerprint density at radius 2 is 2.18 bits per heavy atom. The molecule has 0 aliphatic rings. The number of hydrogen-bond acceptors (Lipinski definition) is 4. The number of benzene rings is 1. The van der Waals surface area contributed by atoms with Crippen LogP contribution in [-0.4, -0.2) is 33.5 Å². The van der Waals surface area contributed by atoms with Gasteiger partial charge in [-0.3, -0.25) is 0 Å². The van der Waals surface area contributed by atoms with Crippen molar-refractivity contribution in [1.29, 1.82) is 0 Å². The summed E-state index contributed by atoms with van der Waals surface area (Å²) in [5, 5.41) is 3.95. The smallest absolute Gasteiger partial charge is 0.0976 e. The van der Waals surface area contributed by atoms with E-state index in [9.17, 15) is 0 Å². The average molecular weight is 259 g/mol. The van der Waals surface area contributed by atoms with Crippen molar-refractivity contribution >= 4 is 17.3 Å². The van der Waals surface area contributed by atoms with Gasteiger partial charge in [-0.2, -0.15) is 0 Å². The largest absolute Gasteiger partial charge is 0.382 e. The second-order valence-corrected chi connectivity index (χ2v) is 4.07. The highest BCUT2D eigenvalue weighted by Crippen LogP contribution is 2.23. The minimum Gasteiger partial charge on any atom is -0.382 e. The molecule has 0 radical (unpaired) electrons. The normalized spacial score (nSPS) is 12.5. The van der Waals surface area contributed by atoms with Crippen molar-refractivity contribution in [2.45, 2.75) is 12.6 Å². The van der Waals surface area contributed by atoms with Crippen LogP contribution in [0.3, 0.4) is 0 Å². The standard InChI is InChI=1S/C12H19ClN2O2/c1-16-8-9(17-2)7-15-12-5-3-4-11(13)10(12)6-14/h3-5,9,15H,6-8,14H2,1-2H3. The van der Waals surface area contributed by atoms with Crippen LogP contribution in [-0.2, 0) is 16.0 Å². The van der Waals surface area contributed by atoms with Gasteiger partial charge in [-0.25, -0.2) is 0 Å². The SMILES string of the molecule is COCC(CNc1cccc(Cl)c1CN)OC. The summed E-state index contributed by atoms with van der Waals surface area (Å²) >= 11 is 6.06. The van der Waals surface area contributed by atoms with Crippen LogP contribution in [0.1, 0.15) is 5.56 Å². The molecule has 0 amide bonds. The topological polar surface area (TPSA) is 56.5 Å². The van der Waals surface area contributed by atoms with Crippen molar-refractivity contribution in [1.82, 2.24) is 0 Å². The molecule has 4 nitrogen and oxygen atoms in total. The lowest BCUT2D eigenvalue weighted by molar-refractivity contribution is 0.0365. The van der Waals surface area contributed by atoms with Crippen LogP contribution in [0.4, 0.5) is 5.69 Å². The fraction of sp³-hybridized carbons (Fsp3) is 0.500. The van der Waals surface area contributed by atoms with Crippen molar-refractivity contribution < 1.29 is 9.47 Å². The second-order valence-electron chi connectivity index (χ2n) is 3.66. The van der Waals surface area contributed by atoms with Crippen molar-refractivity contribution in [3.05, 3.63) is 28.8 Å². The lowest BCUT2D eigenvalue weighted by Crippen LogP contribution is -2.27.